The minimum absolute atomic E-state index is 0.142. The number of rotatable bonds is 5. The van der Waals surface area contributed by atoms with Gasteiger partial charge in [-0.2, -0.15) is 13.9 Å². The highest BCUT2D eigenvalue weighted by Gasteiger charge is 2.56. The van der Waals surface area contributed by atoms with Gasteiger partial charge in [0.1, 0.15) is 0 Å². The smallest absolute Gasteiger partial charge is 0.321 e. The molecule has 196 valence electrons. The molecule has 38 heavy (non-hydrogen) atoms. The molecule has 3 heterocycles. The SMILES string of the molecule is Cn1cc(-n2ncc3cc(N4C(=O)C(C)(C)[C@@H](NC(=O)C(C)(F)F)[C@@H]4c4ccccc4)ccc32)ccc1=O. The molecule has 0 bridgehead atoms. The molecule has 1 saturated heterocycles. The summed E-state index contributed by atoms with van der Waals surface area (Å²) in [4.78, 5) is 39.6. The van der Waals surface area contributed by atoms with Gasteiger partial charge in [0.2, 0.25) is 11.5 Å². The highest BCUT2D eigenvalue weighted by atomic mass is 19.3. The van der Waals surface area contributed by atoms with Crippen LogP contribution in [-0.4, -0.2) is 38.1 Å². The van der Waals surface area contributed by atoms with Crippen LogP contribution in [0.25, 0.3) is 16.6 Å². The summed E-state index contributed by atoms with van der Waals surface area (Å²) in [5, 5.41) is 7.67. The zero-order valence-electron chi connectivity index (χ0n) is 21.4. The van der Waals surface area contributed by atoms with Crippen LogP contribution in [0.3, 0.4) is 0 Å². The van der Waals surface area contributed by atoms with E-state index in [2.05, 4.69) is 10.4 Å². The monoisotopic (exact) mass is 519 g/mol. The van der Waals surface area contributed by atoms with Crippen LogP contribution in [0.5, 0.6) is 0 Å². The van der Waals surface area contributed by atoms with Gasteiger partial charge in [-0.1, -0.05) is 30.3 Å². The number of fused-ring (bicyclic) bond motifs is 1. The lowest BCUT2D eigenvalue weighted by atomic mass is 9.82. The number of aryl methyl sites for hydroxylation is 1. The fourth-order valence-corrected chi connectivity index (χ4v) is 4.99. The Balaban J connectivity index is 1.61. The average molecular weight is 520 g/mol. The summed E-state index contributed by atoms with van der Waals surface area (Å²) < 4.78 is 30.9. The molecule has 8 nitrogen and oxygen atoms in total. The largest absolute Gasteiger partial charge is 0.345 e. The number of carbonyl (C=O) groups excluding carboxylic acids is 2. The first-order valence-electron chi connectivity index (χ1n) is 12.1. The summed E-state index contributed by atoms with van der Waals surface area (Å²) >= 11 is 0. The van der Waals surface area contributed by atoms with E-state index in [-0.39, 0.29) is 11.5 Å². The number of pyridine rings is 1. The fraction of sp³-hybridized carbons (Fsp3) is 0.286. The van der Waals surface area contributed by atoms with Crippen LogP contribution in [0, 0.1) is 5.41 Å². The van der Waals surface area contributed by atoms with Crippen molar-refractivity contribution in [2.45, 2.75) is 38.8 Å². The Hall–Kier alpha value is -4.34. The number of amides is 2. The predicted octanol–water partition coefficient (Wildman–Crippen LogP) is 3.98. The second kappa shape index (κ2) is 8.90. The molecule has 1 aliphatic rings. The van der Waals surface area contributed by atoms with E-state index >= 15 is 0 Å². The summed E-state index contributed by atoms with van der Waals surface area (Å²) in [5.74, 6) is -5.33. The summed E-state index contributed by atoms with van der Waals surface area (Å²) in [6.07, 6.45) is 3.33. The number of aromatic nitrogens is 3. The number of benzene rings is 2. The van der Waals surface area contributed by atoms with E-state index in [1.54, 1.807) is 67.1 Å². The van der Waals surface area contributed by atoms with Crippen LogP contribution < -0.4 is 15.8 Å². The summed E-state index contributed by atoms with van der Waals surface area (Å²) in [5.41, 5.74) is 1.39. The lowest BCUT2D eigenvalue weighted by Crippen LogP contribution is -2.51. The van der Waals surface area contributed by atoms with Gasteiger partial charge in [-0.05, 0) is 43.7 Å². The van der Waals surface area contributed by atoms with Crippen LogP contribution in [-0.2, 0) is 16.6 Å². The van der Waals surface area contributed by atoms with Crippen molar-refractivity contribution < 1.29 is 18.4 Å². The molecule has 10 heteroatoms. The maximum Gasteiger partial charge on any atom is 0.321 e. The number of alkyl halides is 2. The van der Waals surface area contributed by atoms with E-state index in [4.69, 9.17) is 0 Å². The molecule has 1 N–H and O–H groups in total. The van der Waals surface area contributed by atoms with Crippen molar-refractivity contribution in [3.63, 3.8) is 0 Å². The Morgan fingerprint density at radius 3 is 2.37 bits per heavy atom. The van der Waals surface area contributed by atoms with Gasteiger partial charge >= 0.3 is 5.92 Å². The lowest BCUT2D eigenvalue weighted by molar-refractivity contribution is -0.144. The zero-order chi connectivity index (χ0) is 27.4. The van der Waals surface area contributed by atoms with Crippen molar-refractivity contribution in [2.24, 2.45) is 12.5 Å². The molecule has 0 spiro atoms. The van der Waals surface area contributed by atoms with Crippen molar-refractivity contribution in [3.05, 3.63) is 89.0 Å². The number of hydrogen-bond donors (Lipinski definition) is 1. The van der Waals surface area contributed by atoms with E-state index in [0.717, 1.165) is 10.9 Å². The van der Waals surface area contributed by atoms with Gasteiger partial charge in [-0.15, -0.1) is 0 Å². The molecular weight excluding hydrogens is 492 g/mol. The average Bonchev–Trinajstić information content (AvgIpc) is 3.37. The van der Waals surface area contributed by atoms with Crippen molar-refractivity contribution in [2.75, 3.05) is 4.90 Å². The third-order valence-corrected chi connectivity index (χ3v) is 7.11. The van der Waals surface area contributed by atoms with Gasteiger partial charge in [0, 0.05) is 37.3 Å². The first-order valence-corrected chi connectivity index (χ1v) is 12.1. The Labute approximate surface area is 217 Å². The number of halogens is 2. The molecule has 4 aromatic rings. The highest BCUT2D eigenvalue weighted by Crippen LogP contribution is 2.47. The molecule has 1 aliphatic heterocycles. The van der Waals surface area contributed by atoms with Crippen molar-refractivity contribution in [1.82, 2.24) is 19.7 Å². The predicted molar refractivity (Wildman–Crippen MR) is 139 cm³/mol. The van der Waals surface area contributed by atoms with E-state index in [1.807, 2.05) is 30.3 Å². The van der Waals surface area contributed by atoms with Gasteiger partial charge in [0.25, 0.3) is 5.91 Å². The van der Waals surface area contributed by atoms with Crippen molar-refractivity contribution in [1.29, 1.82) is 0 Å². The second-order valence-electron chi connectivity index (χ2n) is 10.2. The maximum atomic E-state index is 13.9. The first kappa shape index (κ1) is 25.3. The summed E-state index contributed by atoms with van der Waals surface area (Å²) in [6, 6.07) is 15.9. The quantitative estimate of drug-likeness (QED) is 0.432. The third-order valence-electron chi connectivity index (χ3n) is 7.11. The molecule has 2 aromatic carbocycles. The van der Waals surface area contributed by atoms with Crippen molar-refractivity contribution in [3.8, 4) is 5.69 Å². The van der Waals surface area contributed by atoms with E-state index in [1.165, 1.54) is 10.6 Å². The number of nitrogens with one attached hydrogen (secondary N) is 1. The number of nitrogens with zero attached hydrogens (tertiary/aromatic N) is 4. The van der Waals surface area contributed by atoms with Gasteiger partial charge in [-0.25, -0.2) is 4.68 Å². The normalized spacial score (nSPS) is 19.2. The minimum Gasteiger partial charge on any atom is -0.345 e. The molecule has 0 radical (unpaired) electrons. The molecule has 2 amide bonds. The Bertz CT molecular complexity index is 1600. The summed E-state index contributed by atoms with van der Waals surface area (Å²) in [7, 11) is 1.66. The number of carbonyl (C=O) groups is 2. The van der Waals surface area contributed by atoms with Gasteiger partial charge < -0.3 is 14.8 Å². The van der Waals surface area contributed by atoms with Crippen molar-refractivity contribution >= 4 is 28.4 Å². The Morgan fingerprint density at radius 1 is 1.03 bits per heavy atom. The molecule has 5 rings (SSSR count). The van der Waals surface area contributed by atoms with E-state index in [0.29, 0.717) is 23.9 Å². The number of hydrogen-bond acceptors (Lipinski definition) is 4. The highest BCUT2D eigenvalue weighted by molar-refractivity contribution is 6.03. The van der Waals surface area contributed by atoms with Crippen LogP contribution in [0.2, 0.25) is 0 Å². The van der Waals surface area contributed by atoms with Crippen LogP contribution in [0.15, 0.2) is 77.9 Å². The van der Waals surface area contributed by atoms with Crippen LogP contribution in [0.4, 0.5) is 14.5 Å². The minimum atomic E-state index is -3.60. The van der Waals surface area contributed by atoms with Gasteiger partial charge in [-0.3, -0.25) is 14.4 Å². The fourth-order valence-electron chi connectivity index (χ4n) is 4.99. The molecule has 0 unspecified atom stereocenters. The Morgan fingerprint density at radius 2 is 1.71 bits per heavy atom. The first-order chi connectivity index (χ1) is 17.9. The van der Waals surface area contributed by atoms with E-state index in [9.17, 15) is 23.2 Å². The van der Waals surface area contributed by atoms with Crippen LogP contribution in [0.1, 0.15) is 32.4 Å². The standard InChI is InChI=1S/C28H27F2N5O3/c1-27(2)24(32-25(37)28(3,29)30)23(17-8-6-5-7-9-17)34(26(27)38)19-10-12-21-18(14-19)15-31-35(21)20-11-13-22(36)33(4)16-20/h5-16,23-24H,1-4H3,(H,32,37)/t23-,24-/m0/s1. The lowest BCUT2D eigenvalue weighted by Gasteiger charge is -2.31. The molecule has 2 aromatic heterocycles. The van der Waals surface area contributed by atoms with Gasteiger partial charge in [0.05, 0.1) is 34.9 Å². The molecule has 2 atom stereocenters. The third kappa shape index (κ3) is 4.15. The maximum absolute atomic E-state index is 13.9. The second-order valence-corrected chi connectivity index (χ2v) is 10.2. The van der Waals surface area contributed by atoms with Gasteiger partial charge in [0.15, 0.2) is 0 Å². The van der Waals surface area contributed by atoms with E-state index < -0.39 is 29.3 Å². The molecular formula is C28H27F2N5O3. The molecule has 0 aliphatic carbocycles. The topological polar surface area (TPSA) is 89.2 Å². The summed E-state index contributed by atoms with van der Waals surface area (Å²) in [6.45, 7) is 3.85. The number of anilines is 1. The Kier molecular flexibility index (Phi) is 5.93. The zero-order valence-corrected chi connectivity index (χ0v) is 21.4. The molecule has 1 fully saturated rings. The molecule has 0 saturated carbocycles. The van der Waals surface area contributed by atoms with Crippen LogP contribution >= 0.6 is 0 Å².